The molecule has 4 N–H and O–H groups in total. The van der Waals surface area contributed by atoms with Crippen LogP contribution in [0.4, 0.5) is 4.79 Å². The fourth-order valence-electron chi connectivity index (χ4n) is 1.59. The standard InChI is InChI=1S/C14H19NO6/c1-9(12(18)13(19)11(17)7-16)15-14(20)21-8-10-5-3-2-4-6-10/h2-6,9,12-13,16,18-19H,7-8H2,1H3,(H,15,20)/t9?,12-,13-/m1/s1. The molecule has 0 saturated heterocycles. The predicted octanol–water partition coefficient (Wildman–Crippen LogP) is -0.415. The third kappa shape index (κ3) is 5.50. The fourth-order valence-corrected chi connectivity index (χ4v) is 1.59. The fraction of sp³-hybridized carbons (Fsp3) is 0.429. The van der Waals surface area contributed by atoms with Crippen LogP contribution in [-0.4, -0.2) is 52.1 Å². The lowest BCUT2D eigenvalue weighted by molar-refractivity contribution is -0.136. The second-order valence-corrected chi connectivity index (χ2v) is 4.55. The van der Waals surface area contributed by atoms with Gasteiger partial charge in [-0.2, -0.15) is 0 Å². The molecule has 0 bridgehead atoms. The van der Waals surface area contributed by atoms with E-state index >= 15 is 0 Å². The van der Waals surface area contributed by atoms with Crippen molar-refractivity contribution in [1.29, 1.82) is 0 Å². The highest BCUT2D eigenvalue weighted by Gasteiger charge is 2.29. The topological polar surface area (TPSA) is 116 Å². The molecule has 1 aromatic rings. The van der Waals surface area contributed by atoms with Crippen molar-refractivity contribution >= 4 is 11.9 Å². The number of aliphatic hydroxyl groups is 3. The number of ketones is 1. The average molecular weight is 297 g/mol. The van der Waals surface area contributed by atoms with Gasteiger partial charge in [0.05, 0.1) is 6.04 Å². The van der Waals surface area contributed by atoms with E-state index in [1.807, 2.05) is 6.07 Å². The Bertz CT molecular complexity index is 464. The number of alkyl carbamates (subject to hydrolysis) is 1. The van der Waals surface area contributed by atoms with Gasteiger partial charge in [-0.1, -0.05) is 30.3 Å². The Balaban J connectivity index is 2.41. The van der Waals surface area contributed by atoms with E-state index in [4.69, 9.17) is 9.84 Å². The maximum atomic E-state index is 11.5. The first-order valence-corrected chi connectivity index (χ1v) is 6.42. The first kappa shape index (κ1) is 17.1. The number of hydrogen-bond acceptors (Lipinski definition) is 6. The van der Waals surface area contributed by atoms with Gasteiger partial charge in [0.2, 0.25) is 0 Å². The maximum Gasteiger partial charge on any atom is 0.407 e. The zero-order chi connectivity index (χ0) is 15.8. The molecule has 1 amide bonds. The highest BCUT2D eigenvalue weighted by molar-refractivity contribution is 5.84. The molecule has 3 atom stereocenters. The van der Waals surface area contributed by atoms with Crippen LogP contribution in [0.1, 0.15) is 12.5 Å². The van der Waals surface area contributed by atoms with E-state index in [1.165, 1.54) is 6.92 Å². The predicted molar refractivity (Wildman–Crippen MR) is 73.3 cm³/mol. The van der Waals surface area contributed by atoms with Gasteiger partial charge in [0.15, 0.2) is 5.78 Å². The summed E-state index contributed by atoms with van der Waals surface area (Å²) in [5.41, 5.74) is 0.802. The number of nitrogens with one attached hydrogen (secondary N) is 1. The summed E-state index contributed by atoms with van der Waals surface area (Å²) in [6.45, 7) is 0.583. The van der Waals surface area contributed by atoms with Crippen LogP contribution < -0.4 is 5.32 Å². The van der Waals surface area contributed by atoms with Crippen LogP contribution in [0.15, 0.2) is 30.3 Å². The minimum absolute atomic E-state index is 0.0631. The van der Waals surface area contributed by atoms with Crippen LogP contribution in [0.3, 0.4) is 0 Å². The number of ether oxygens (including phenoxy) is 1. The Morgan fingerprint density at radius 2 is 1.86 bits per heavy atom. The molecule has 1 rings (SSSR count). The van der Waals surface area contributed by atoms with Crippen molar-refractivity contribution < 1.29 is 29.6 Å². The lowest BCUT2D eigenvalue weighted by Crippen LogP contribution is -2.50. The summed E-state index contributed by atoms with van der Waals surface area (Å²) in [4.78, 5) is 22.6. The molecule has 0 radical (unpaired) electrons. The Morgan fingerprint density at radius 1 is 1.24 bits per heavy atom. The summed E-state index contributed by atoms with van der Waals surface area (Å²) in [6, 6.07) is 8.10. The van der Waals surface area contributed by atoms with E-state index < -0.39 is 36.7 Å². The largest absolute Gasteiger partial charge is 0.445 e. The van der Waals surface area contributed by atoms with Gasteiger partial charge in [-0.05, 0) is 12.5 Å². The van der Waals surface area contributed by atoms with E-state index in [0.717, 1.165) is 5.56 Å². The summed E-state index contributed by atoms with van der Waals surface area (Å²) >= 11 is 0. The highest BCUT2D eigenvalue weighted by atomic mass is 16.5. The molecule has 0 spiro atoms. The van der Waals surface area contributed by atoms with E-state index in [0.29, 0.717) is 0 Å². The van der Waals surface area contributed by atoms with Crippen molar-refractivity contribution in [2.24, 2.45) is 0 Å². The number of carbonyl (C=O) groups excluding carboxylic acids is 2. The smallest absolute Gasteiger partial charge is 0.407 e. The summed E-state index contributed by atoms with van der Waals surface area (Å²) < 4.78 is 4.94. The molecule has 0 fully saturated rings. The van der Waals surface area contributed by atoms with Crippen molar-refractivity contribution in [3.8, 4) is 0 Å². The quantitative estimate of drug-likeness (QED) is 0.543. The molecule has 0 aliphatic rings. The number of rotatable bonds is 7. The van der Waals surface area contributed by atoms with E-state index in [-0.39, 0.29) is 6.61 Å². The third-order valence-corrected chi connectivity index (χ3v) is 2.88. The van der Waals surface area contributed by atoms with Crippen LogP contribution in [-0.2, 0) is 16.1 Å². The van der Waals surface area contributed by atoms with Gasteiger partial charge in [0, 0.05) is 0 Å². The van der Waals surface area contributed by atoms with Crippen LogP contribution in [0.5, 0.6) is 0 Å². The molecule has 7 heteroatoms. The van der Waals surface area contributed by atoms with Crippen LogP contribution in [0.2, 0.25) is 0 Å². The Hall–Kier alpha value is -1.96. The minimum atomic E-state index is -1.76. The van der Waals surface area contributed by atoms with Crippen molar-refractivity contribution in [3.63, 3.8) is 0 Å². The third-order valence-electron chi connectivity index (χ3n) is 2.88. The molecule has 1 aromatic carbocycles. The molecule has 0 aliphatic carbocycles. The number of amides is 1. The summed E-state index contributed by atoms with van der Waals surface area (Å²) in [5.74, 6) is -0.922. The lowest BCUT2D eigenvalue weighted by atomic mass is 10.0. The maximum absolute atomic E-state index is 11.5. The number of aliphatic hydroxyl groups excluding tert-OH is 3. The van der Waals surface area contributed by atoms with Crippen LogP contribution >= 0.6 is 0 Å². The summed E-state index contributed by atoms with van der Waals surface area (Å²) in [7, 11) is 0. The van der Waals surface area contributed by atoms with Crippen LogP contribution in [0.25, 0.3) is 0 Å². The molecule has 0 saturated carbocycles. The monoisotopic (exact) mass is 297 g/mol. The molecule has 0 heterocycles. The summed E-state index contributed by atoms with van der Waals surface area (Å²) in [6.07, 6.45) is -4.08. The minimum Gasteiger partial charge on any atom is -0.445 e. The Labute approximate surface area is 122 Å². The first-order chi connectivity index (χ1) is 9.95. The van der Waals surface area contributed by atoms with Gasteiger partial charge in [0.25, 0.3) is 0 Å². The number of carbonyl (C=O) groups is 2. The normalized spacial score (nSPS) is 14.9. The Kier molecular flexibility index (Phi) is 6.80. The van der Waals surface area contributed by atoms with Gasteiger partial charge >= 0.3 is 6.09 Å². The van der Waals surface area contributed by atoms with E-state index in [9.17, 15) is 19.8 Å². The molecule has 0 aromatic heterocycles. The zero-order valence-electron chi connectivity index (χ0n) is 11.6. The lowest BCUT2D eigenvalue weighted by Gasteiger charge is -2.23. The average Bonchev–Trinajstić information content (AvgIpc) is 2.51. The SMILES string of the molecule is CC(NC(=O)OCc1ccccc1)[C@@H](O)[C@H](O)C(=O)CO. The van der Waals surface area contributed by atoms with Crippen molar-refractivity contribution in [1.82, 2.24) is 5.32 Å². The summed E-state index contributed by atoms with van der Waals surface area (Å²) in [5, 5.41) is 30.0. The molecular weight excluding hydrogens is 278 g/mol. The van der Waals surface area contributed by atoms with Gasteiger partial charge in [-0.25, -0.2) is 4.79 Å². The number of hydrogen-bond donors (Lipinski definition) is 4. The molecular formula is C14H19NO6. The highest BCUT2D eigenvalue weighted by Crippen LogP contribution is 2.04. The molecule has 7 nitrogen and oxygen atoms in total. The van der Waals surface area contributed by atoms with Gasteiger partial charge in [-0.15, -0.1) is 0 Å². The second kappa shape index (κ2) is 8.35. The zero-order valence-corrected chi connectivity index (χ0v) is 11.6. The van der Waals surface area contributed by atoms with Gasteiger partial charge < -0.3 is 25.4 Å². The van der Waals surface area contributed by atoms with Crippen molar-refractivity contribution in [2.45, 2.75) is 31.8 Å². The first-order valence-electron chi connectivity index (χ1n) is 6.42. The van der Waals surface area contributed by atoms with Crippen LogP contribution in [0, 0.1) is 0 Å². The second-order valence-electron chi connectivity index (χ2n) is 4.55. The molecule has 116 valence electrons. The number of Topliss-reactive ketones (excluding diaryl/α,β-unsaturated/α-hetero) is 1. The number of benzene rings is 1. The van der Waals surface area contributed by atoms with Gasteiger partial charge in [0.1, 0.15) is 25.4 Å². The van der Waals surface area contributed by atoms with Gasteiger partial charge in [-0.3, -0.25) is 4.79 Å². The Morgan fingerprint density at radius 3 is 2.43 bits per heavy atom. The van der Waals surface area contributed by atoms with Crippen molar-refractivity contribution in [2.75, 3.05) is 6.61 Å². The molecule has 1 unspecified atom stereocenters. The van der Waals surface area contributed by atoms with Crippen molar-refractivity contribution in [3.05, 3.63) is 35.9 Å². The van der Waals surface area contributed by atoms with E-state index in [1.54, 1.807) is 24.3 Å². The molecule has 0 aliphatic heterocycles. The molecule has 21 heavy (non-hydrogen) atoms. The van der Waals surface area contributed by atoms with E-state index in [2.05, 4.69) is 5.32 Å².